The fourth-order valence-corrected chi connectivity index (χ4v) is 3.32. The Kier molecular flexibility index (Phi) is 3.35. The molecule has 0 aromatic heterocycles. The van der Waals surface area contributed by atoms with Crippen molar-refractivity contribution in [3.63, 3.8) is 0 Å². The van der Waals surface area contributed by atoms with E-state index in [1.165, 1.54) is 18.2 Å². The Labute approximate surface area is 104 Å². The summed E-state index contributed by atoms with van der Waals surface area (Å²) in [5.41, 5.74) is 0.316. The summed E-state index contributed by atoms with van der Waals surface area (Å²) in [6, 6.07) is 5.94. The van der Waals surface area contributed by atoms with Crippen LogP contribution >= 0.6 is 11.6 Å². The van der Waals surface area contributed by atoms with Crippen molar-refractivity contribution in [1.82, 2.24) is 4.47 Å². The number of halogens is 1. The van der Waals surface area contributed by atoms with E-state index in [0.717, 1.165) is 4.47 Å². The molecule has 0 saturated carbocycles. The third kappa shape index (κ3) is 2.28. The Morgan fingerprint density at radius 3 is 2.76 bits per heavy atom. The first-order valence-electron chi connectivity index (χ1n) is 4.91. The summed E-state index contributed by atoms with van der Waals surface area (Å²) in [5.74, 6) is 0. The molecule has 7 heteroatoms. The van der Waals surface area contributed by atoms with Gasteiger partial charge in [0.15, 0.2) is 0 Å². The van der Waals surface area contributed by atoms with E-state index < -0.39 is 10.0 Å². The number of rotatable bonds is 2. The second-order valence-electron chi connectivity index (χ2n) is 3.48. The fourth-order valence-electron chi connectivity index (χ4n) is 1.50. The van der Waals surface area contributed by atoms with E-state index >= 15 is 0 Å². The van der Waals surface area contributed by atoms with Crippen molar-refractivity contribution < 1.29 is 13.3 Å². The summed E-state index contributed by atoms with van der Waals surface area (Å²) >= 11 is 5.86. The zero-order valence-electron chi connectivity index (χ0n) is 8.76. The van der Waals surface area contributed by atoms with Crippen molar-refractivity contribution in [1.29, 1.82) is 5.26 Å². The third-order valence-electron chi connectivity index (χ3n) is 2.33. The minimum atomic E-state index is -3.72. The van der Waals surface area contributed by atoms with Gasteiger partial charge in [0.05, 0.1) is 23.3 Å². The highest BCUT2D eigenvalue weighted by atomic mass is 35.5. The largest absolute Gasteiger partial charge is 0.284 e. The van der Waals surface area contributed by atoms with Crippen molar-refractivity contribution in [3.8, 4) is 6.07 Å². The quantitative estimate of drug-likeness (QED) is 0.819. The van der Waals surface area contributed by atoms with Crippen LogP contribution in [-0.2, 0) is 14.9 Å². The first kappa shape index (κ1) is 12.3. The summed E-state index contributed by atoms with van der Waals surface area (Å²) in [4.78, 5) is 4.96. The molecule has 0 spiro atoms. The molecule has 1 saturated heterocycles. The first-order valence-corrected chi connectivity index (χ1v) is 6.73. The Morgan fingerprint density at radius 1 is 1.47 bits per heavy atom. The minimum absolute atomic E-state index is 0.0274. The average Bonchev–Trinajstić information content (AvgIpc) is 2.82. The molecule has 0 N–H and O–H groups in total. The molecular formula is C10H9ClN2O3S. The lowest BCUT2D eigenvalue weighted by molar-refractivity contribution is -0.0284. The lowest BCUT2D eigenvalue weighted by Gasteiger charge is -2.15. The number of sulfonamides is 1. The molecule has 0 radical (unpaired) electrons. The van der Waals surface area contributed by atoms with Crippen molar-refractivity contribution in [2.24, 2.45) is 0 Å². The lowest BCUT2D eigenvalue weighted by Crippen LogP contribution is -2.27. The number of nitriles is 1. The van der Waals surface area contributed by atoms with E-state index in [1.54, 1.807) is 0 Å². The fraction of sp³-hybridized carbons (Fsp3) is 0.300. The van der Waals surface area contributed by atoms with Gasteiger partial charge >= 0.3 is 0 Å². The van der Waals surface area contributed by atoms with Gasteiger partial charge in [-0.25, -0.2) is 8.42 Å². The molecule has 1 aromatic carbocycles. The third-order valence-corrected chi connectivity index (χ3v) is 4.49. The van der Waals surface area contributed by atoms with Crippen LogP contribution in [0.15, 0.2) is 23.1 Å². The van der Waals surface area contributed by atoms with Crippen LogP contribution in [0.4, 0.5) is 0 Å². The summed E-state index contributed by atoms with van der Waals surface area (Å²) in [5, 5.41) is 8.70. The highest BCUT2D eigenvalue weighted by molar-refractivity contribution is 7.89. The summed E-state index contributed by atoms with van der Waals surface area (Å²) in [6.45, 7) is 0.700. The Morgan fingerprint density at radius 2 is 2.24 bits per heavy atom. The number of hydrogen-bond acceptors (Lipinski definition) is 4. The van der Waals surface area contributed by atoms with Crippen LogP contribution < -0.4 is 0 Å². The van der Waals surface area contributed by atoms with Crippen LogP contribution in [0.1, 0.15) is 12.0 Å². The molecule has 0 amide bonds. The predicted molar refractivity (Wildman–Crippen MR) is 60.6 cm³/mol. The number of hydroxylamine groups is 1. The molecule has 1 aliphatic heterocycles. The Hall–Kier alpha value is -1.13. The minimum Gasteiger partial charge on any atom is -0.284 e. The normalized spacial score (nSPS) is 16.9. The molecule has 90 valence electrons. The molecule has 1 heterocycles. The zero-order valence-corrected chi connectivity index (χ0v) is 10.3. The second-order valence-corrected chi connectivity index (χ2v) is 5.68. The van der Waals surface area contributed by atoms with Gasteiger partial charge in [0.1, 0.15) is 4.90 Å². The van der Waals surface area contributed by atoms with E-state index in [9.17, 15) is 8.42 Å². The smallest absolute Gasteiger partial charge is 0.266 e. The molecular weight excluding hydrogens is 264 g/mol. The van der Waals surface area contributed by atoms with Crippen LogP contribution in [0.3, 0.4) is 0 Å². The van der Waals surface area contributed by atoms with Gasteiger partial charge in [0.25, 0.3) is 10.0 Å². The van der Waals surface area contributed by atoms with Crippen molar-refractivity contribution in [2.75, 3.05) is 13.2 Å². The molecule has 0 aliphatic carbocycles. The maximum atomic E-state index is 12.1. The molecule has 2 rings (SSSR count). The Bertz CT molecular complexity index is 574. The van der Waals surface area contributed by atoms with Crippen molar-refractivity contribution in [3.05, 3.63) is 28.8 Å². The number of hydrogen-bond donors (Lipinski definition) is 0. The van der Waals surface area contributed by atoms with Gasteiger partial charge in [-0.05, 0) is 24.6 Å². The zero-order chi connectivity index (χ0) is 12.5. The monoisotopic (exact) mass is 272 g/mol. The van der Waals surface area contributed by atoms with E-state index in [0.29, 0.717) is 25.1 Å². The van der Waals surface area contributed by atoms with Crippen molar-refractivity contribution in [2.45, 2.75) is 11.3 Å². The molecule has 0 unspecified atom stereocenters. The maximum absolute atomic E-state index is 12.1. The SMILES string of the molecule is N#Cc1ccc(S(=O)(=O)N2CCCO2)c(Cl)c1. The summed E-state index contributed by atoms with van der Waals surface area (Å²) < 4.78 is 25.1. The van der Waals surface area contributed by atoms with Gasteiger partial charge in [0, 0.05) is 6.54 Å². The predicted octanol–water partition coefficient (Wildman–Crippen LogP) is 1.54. The van der Waals surface area contributed by atoms with E-state index in [-0.39, 0.29) is 9.92 Å². The molecule has 0 bridgehead atoms. The van der Waals surface area contributed by atoms with Gasteiger partial charge in [-0.3, -0.25) is 4.84 Å². The number of benzene rings is 1. The standard InChI is InChI=1S/C10H9ClN2O3S/c11-9-6-8(7-12)2-3-10(9)17(14,15)13-4-1-5-16-13/h2-3,6H,1,4-5H2. The molecule has 1 fully saturated rings. The highest BCUT2D eigenvalue weighted by Gasteiger charge is 2.30. The number of nitrogens with zero attached hydrogens (tertiary/aromatic N) is 2. The molecule has 0 atom stereocenters. The van der Waals surface area contributed by atoms with E-state index in [4.69, 9.17) is 21.7 Å². The van der Waals surface area contributed by atoms with Crippen LogP contribution in [0, 0.1) is 11.3 Å². The highest BCUT2D eigenvalue weighted by Crippen LogP contribution is 2.27. The molecule has 17 heavy (non-hydrogen) atoms. The van der Waals surface area contributed by atoms with Crippen LogP contribution in [0.25, 0.3) is 0 Å². The lowest BCUT2D eigenvalue weighted by atomic mass is 10.2. The average molecular weight is 273 g/mol. The van der Waals surface area contributed by atoms with E-state index in [1.807, 2.05) is 6.07 Å². The summed E-state index contributed by atoms with van der Waals surface area (Å²) in [6.07, 6.45) is 0.660. The van der Waals surface area contributed by atoms with Crippen LogP contribution in [0.5, 0.6) is 0 Å². The van der Waals surface area contributed by atoms with Gasteiger partial charge < -0.3 is 0 Å². The van der Waals surface area contributed by atoms with Crippen molar-refractivity contribution >= 4 is 21.6 Å². The van der Waals surface area contributed by atoms with Gasteiger partial charge in [0.2, 0.25) is 0 Å². The molecule has 1 aromatic rings. The van der Waals surface area contributed by atoms with Gasteiger partial charge in [-0.2, -0.15) is 5.26 Å². The second kappa shape index (κ2) is 4.63. The summed E-state index contributed by atoms with van der Waals surface area (Å²) in [7, 11) is -3.72. The first-order chi connectivity index (χ1) is 8.05. The van der Waals surface area contributed by atoms with Gasteiger partial charge in [-0.1, -0.05) is 16.1 Å². The molecule has 1 aliphatic rings. The van der Waals surface area contributed by atoms with Gasteiger partial charge in [-0.15, -0.1) is 0 Å². The topological polar surface area (TPSA) is 70.4 Å². The Balaban J connectivity index is 2.43. The molecule has 5 nitrogen and oxygen atoms in total. The van der Waals surface area contributed by atoms with E-state index in [2.05, 4.69) is 0 Å². The maximum Gasteiger partial charge on any atom is 0.266 e. The van der Waals surface area contributed by atoms with Crippen LogP contribution in [-0.4, -0.2) is 26.0 Å². The van der Waals surface area contributed by atoms with Crippen LogP contribution in [0.2, 0.25) is 5.02 Å².